The molecule has 0 atom stereocenters. The SMILES string of the molecule is CCc1nc(C(=O)NOCC(F)(F)F)n[nH]1. The number of H-pyrrole nitrogens is 1. The number of amides is 1. The molecule has 0 unspecified atom stereocenters. The molecule has 0 saturated heterocycles. The van der Waals surface area contributed by atoms with E-state index < -0.39 is 18.7 Å². The summed E-state index contributed by atoms with van der Waals surface area (Å²) in [7, 11) is 0. The third-order valence-corrected chi connectivity index (χ3v) is 1.47. The Kier molecular flexibility index (Phi) is 3.82. The van der Waals surface area contributed by atoms with Crippen LogP contribution in [-0.2, 0) is 11.3 Å². The number of carbonyl (C=O) groups excluding carboxylic acids is 1. The second kappa shape index (κ2) is 4.92. The normalized spacial score (nSPS) is 11.5. The number of aromatic amines is 1. The van der Waals surface area contributed by atoms with E-state index in [9.17, 15) is 18.0 Å². The fourth-order valence-corrected chi connectivity index (χ4v) is 0.784. The van der Waals surface area contributed by atoms with Crippen molar-refractivity contribution in [3.05, 3.63) is 11.6 Å². The lowest BCUT2D eigenvalue weighted by Gasteiger charge is -2.06. The lowest BCUT2D eigenvalue weighted by atomic mass is 10.5. The largest absolute Gasteiger partial charge is 0.414 e. The number of carbonyl (C=O) groups is 1. The molecule has 1 rings (SSSR count). The topological polar surface area (TPSA) is 79.9 Å². The molecule has 2 N–H and O–H groups in total. The first-order valence-electron chi connectivity index (χ1n) is 4.32. The van der Waals surface area contributed by atoms with Crippen molar-refractivity contribution in [3.8, 4) is 0 Å². The van der Waals surface area contributed by atoms with E-state index >= 15 is 0 Å². The summed E-state index contributed by atoms with van der Waals surface area (Å²) in [6.07, 6.45) is -3.97. The van der Waals surface area contributed by atoms with E-state index in [1.165, 1.54) is 0 Å². The number of nitrogens with zero attached hydrogens (tertiary/aromatic N) is 2. The lowest BCUT2D eigenvalue weighted by Crippen LogP contribution is -2.30. The molecule has 1 aromatic heterocycles. The monoisotopic (exact) mass is 238 g/mol. The van der Waals surface area contributed by atoms with Crippen LogP contribution in [0, 0.1) is 0 Å². The van der Waals surface area contributed by atoms with Gasteiger partial charge >= 0.3 is 12.1 Å². The first-order valence-corrected chi connectivity index (χ1v) is 4.32. The molecule has 0 aliphatic rings. The summed E-state index contributed by atoms with van der Waals surface area (Å²) in [5, 5.41) is 5.94. The molecule has 0 aliphatic carbocycles. The summed E-state index contributed by atoms with van der Waals surface area (Å²) >= 11 is 0. The Hall–Kier alpha value is -1.64. The van der Waals surface area contributed by atoms with Gasteiger partial charge in [0.1, 0.15) is 5.82 Å². The second-order valence-electron chi connectivity index (χ2n) is 2.79. The number of rotatable bonds is 4. The molecule has 0 spiro atoms. The van der Waals surface area contributed by atoms with Crippen LogP contribution < -0.4 is 5.48 Å². The Morgan fingerprint density at radius 3 is 2.75 bits per heavy atom. The molecular weight excluding hydrogens is 229 g/mol. The number of hydroxylamine groups is 1. The molecule has 1 aromatic rings. The first-order chi connectivity index (χ1) is 7.42. The maximum atomic E-state index is 11.7. The summed E-state index contributed by atoms with van der Waals surface area (Å²) in [4.78, 5) is 18.8. The average Bonchev–Trinajstić information content (AvgIpc) is 2.63. The van der Waals surface area contributed by atoms with Crippen molar-refractivity contribution >= 4 is 5.91 Å². The number of aromatic nitrogens is 3. The number of hydrogen-bond donors (Lipinski definition) is 2. The molecular formula is C7H9F3N4O2. The number of alkyl halides is 3. The van der Waals surface area contributed by atoms with Gasteiger partial charge in [-0.05, 0) is 0 Å². The highest BCUT2D eigenvalue weighted by Gasteiger charge is 2.28. The summed E-state index contributed by atoms with van der Waals surface area (Å²) in [6, 6.07) is 0. The highest BCUT2D eigenvalue weighted by atomic mass is 19.4. The van der Waals surface area contributed by atoms with Crippen LogP contribution in [0.25, 0.3) is 0 Å². The minimum Gasteiger partial charge on any atom is -0.264 e. The van der Waals surface area contributed by atoms with Gasteiger partial charge in [0.15, 0.2) is 6.61 Å². The van der Waals surface area contributed by atoms with Crippen LogP contribution in [0.1, 0.15) is 23.4 Å². The van der Waals surface area contributed by atoms with Crippen molar-refractivity contribution in [2.24, 2.45) is 0 Å². The Morgan fingerprint density at radius 2 is 2.25 bits per heavy atom. The minimum absolute atomic E-state index is 0.265. The van der Waals surface area contributed by atoms with Crippen LogP contribution in [0.3, 0.4) is 0 Å². The van der Waals surface area contributed by atoms with Crippen molar-refractivity contribution in [2.45, 2.75) is 19.5 Å². The van der Waals surface area contributed by atoms with E-state index in [0.717, 1.165) is 0 Å². The van der Waals surface area contributed by atoms with E-state index in [1.807, 2.05) is 0 Å². The average molecular weight is 238 g/mol. The van der Waals surface area contributed by atoms with Crippen molar-refractivity contribution in [3.63, 3.8) is 0 Å². The van der Waals surface area contributed by atoms with Gasteiger partial charge in [-0.2, -0.15) is 13.2 Å². The molecule has 16 heavy (non-hydrogen) atoms. The van der Waals surface area contributed by atoms with E-state index in [-0.39, 0.29) is 5.82 Å². The predicted molar refractivity (Wildman–Crippen MR) is 45.2 cm³/mol. The number of nitrogens with one attached hydrogen (secondary N) is 2. The molecule has 1 heterocycles. The molecule has 0 radical (unpaired) electrons. The van der Waals surface area contributed by atoms with Gasteiger partial charge < -0.3 is 0 Å². The van der Waals surface area contributed by atoms with E-state index in [0.29, 0.717) is 12.2 Å². The summed E-state index contributed by atoms with van der Waals surface area (Å²) < 4.78 is 35.0. The third-order valence-electron chi connectivity index (χ3n) is 1.47. The fourth-order valence-electron chi connectivity index (χ4n) is 0.784. The van der Waals surface area contributed by atoms with Gasteiger partial charge in [0, 0.05) is 6.42 Å². The van der Waals surface area contributed by atoms with Crippen LogP contribution in [0.5, 0.6) is 0 Å². The van der Waals surface area contributed by atoms with Gasteiger partial charge in [0.2, 0.25) is 5.82 Å². The number of hydrogen-bond acceptors (Lipinski definition) is 4. The molecule has 90 valence electrons. The molecule has 0 fully saturated rings. The van der Waals surface area contributed by atoms with Crippen molar-refractivity contribution in [1.82, 2.24) is 20.7 Å². The summed E-state index contributed by atoms with van der Waals surface area (Å²) in [5.74, 6) is -0.736. The molecule has 6 nitrogen and oxygen atoms in total. The number of halogens is 3. The molecule has 9 heteroatoms. The maximum absolute atomic E-state index is 11.7. The van der Waals surface area contributed by atoms with Gasteiger partial charge in [-0.25, -0.2) is 10.5 Å². The zero-order valence-electron chi connectivity index (χ0n) is 8.26. The van der Waals surface area contributed by atoms with Gasteiger partial charge in [-0.3, -0.25) is 14.7 Å². The molecule has 1 amide bonds. The van der Waals surface area contributed by atoms with Crippen molar-refractivity contribution in [2.75, 3.05) is 6.61 Å². The number of aryl methyl sites for hydroxylation is 1. The lowest BCUT2D eigenvalue weighted by molar-refractivity contribution is -0.184. The van der Waals surface area contributed by atoms with Gasteiger partial charge in [0.25, 0.3) is 0 Å². The Balaban J connectivity index is 2.41. The molecule has 0 aliphatic heterocycles. The Morgan fingerprint density at radius 1 is 1.56 bits per heavy atom. The van der Waals surface area contributed by atoms with Crippen LogP contribution in [0.15, 0.2) is 0 Å². The highest BCUT2D eigenvalue weighted by molar-refractivity contribution is 5.89. The zero-order chi connectivity index (χ0) is 12.2. The van der Waals surface area contributed by atoms with Gasteiger partial charge in [-0.1, -0.05) is 6.92 Å². The highest BCUT2D eigenvalue weighted by Crippen LogP contribution is 2.13. The standard InChI is InChI=1S/C7H9F3N4O2/c1-2-4-11-5(13-12-4)6(15)14-16-3-7(8,9)10/h2-3H2,1H3,(H,14,15)(H,11,12,13). The van der Waals surface area contributed by atoms with Gasteiger partial charge in [0.05, 0.1) is 0 Å². The smallest absolute Gasteiger partial charge is 0.264 e. The van der Waals surface area contributed by atoms with E-state index in [2.05, 4.69) is 20.0 Å². The molecule has 0 aromatic carbocycles. The van der Waals surface area contributed by atoms with Gasteiger partial charge in [-0.15, -0.1) is 5.10 Å². The van der Waals surface area contributed by atoms with E-state index in [1.54, 1.807) is 12.4 Å². The molecule has 0 saturated carbocycles. The van der Waals surface area contributed by atoms with Crippen molar-refractivity contribution < 1.29 is 22.8 Å². The Labute approximate surface area is 88.1 Å². The quantitative estimate of drug-likeness (QED) is 0.752. The minimum atomic E-state index is -4.50. The zero-order valence-corrected chi connectivity index (χ0v) is 8.26. The first kappa shape index (κ1) is 12.4. The summed E-state index contributed by atoms with van der Waals surface area (Å²) in [5.41, 5.74) is 1.59. The third kappa shape index (κ3) is 3.85. The van der Waals surface area contributed by atoms with E-state index in [4.69, 9.17) is 0 Å². The predicted octanol–water partition coefficient (Wildman–Crippen LogP) is 0.591. The maximum Gasteiger partial charge on any atom is 0.414 e. The van der Waals surface area contributed by atoms with Crippen LogP contribution in [0.2, 0.25) is 0 Å². The summed E-state index contributed by atoms with van der Waals surface area (Å²) in [6.45, 7) is 0.214. The van der Waals surface area contributed by atoms with Crippen LogP contribution >= 0.6 is 0 Å². The van der Waals surface area contributed by atoms with Crippen LogP contribution in [0.4, 0.5) is 13.2 Å². The molecule has 0 bridgehead atoms. The van der Waals surface area contributed by atoms with Crippen molar-refractivity contribution in [1.29, 1.82) is 0 Å². The second-order valence-corrected chi connectivity index (χ2v) is 2.79. The Bertz CT molecular complexity index is 363. The fraction of sp³-hybridized carbons (Fsp3) is 0.571. The van der Waals surface area contributed by atoms with Crippen LogP contribution in [-0.4, -0.2) is 33.9 Å².